The van der Waals surface area contributed by atoms with Crippen LogP contribution < -0.4 is 0 Å². The number of halogens is 9. The van der Waals surface area contributed by atoms with Gasteiger partial charge in [0.15, 0.2) is 0 Å². The molecule has 1 aromatic carbocycles. The van der Waals surface area contributed by atoms with E-state index in [9.17, 15) is 49.3 Å². The van der Waals surface area contributed by atoms with E-state index in [4.69, 9.17) is 23.2 Å². The van der Waals surface area contributed by atoms with Crippen molar-refractivity contribution in [1.29, 1.82) is 0 Å². The van der Waals surface area contributed by atoms with Crippen LogP contribution in [0.5, 0.6) is 0 Å². The summed E-state index contributed by atoms with van der Waals surface area (Å²) in [4.78, 5) is 7.20. The van der Waals surface area contributed by atoms with E-state index in [2.05, 4.69) is 0 Å². The molecule has 5 nitrogen and oxygen atoms in total. The van der Waals surface area contributed by atoms with Crippen LogP contribution >= 0.6 is 23.2 Å². The molecule has 0 fully saturated rings. The van der Waals surface area contributed by atoms with E-state index in [0.717, 1.165) is 0 Å². The molecule has 0 atom stereocenters. The first-order chi connectivity index (χ1) is 10.5. The van der Waals surface area contributed by atoms with Crippen LogP contribution in [-0.2, 0) is 9.84 Å². The van der Waals surface area contributed by atoms with Crippen molar-refractivity contribution < 1.29 is 44.1 Å². The Labute approximate surface area is 138 Å². The average molecular weight is 424 g/mol. The molecule has 1 rings (SSSR count). The smallest absolute Gasteiger partial charge is 0.258 e. The highest BCUT2D eigenvalue weighted by Crippen LogP contribution is 2.52. The third kappa shape index (κ3) is 2.99. The van der Waals surface area contributed by atoms with Crippen molar-refractivity contribution in [2.45, 2.75) is 22.2 Å². The summed E-state index contributed by atoms with van der Waals surface area (Å²) >= 11 is 10.5. The van der Waals surface area contributed by atoms with Gasteiger partial charge in [0.1, 0.15) is 5.02 Å². The van der Waals surface area contributed by atoms with Crippen molar-refractivity contribution in [3.63, 3.8) is 0 Å². The maximum atomic E-state index is 13.5. The molecule has 136 valence electrons. The summed E-state index contributed by atoms with van der Waals surface area (Å²) < 4.78 is 112. The van der Waals surface area contributed by atoms with Gasteiger partial charge in [-0.3, -0.25) is 10.1 Å². The van der Waals surface area contributed by atoms with Crippen molar-refractivity contribution in [3.8, 4) is 0 Å². The van der Waals surface area contributed by atoms with Crippen molar-refractivity contribution in [2.24, 2.45) is 0 Å². The second kappa shape index (κ2) is 5.88. The Bertz CT molecular complexity index is 794. The quantitative estimate of drug-likeness (QED) is 0.406. The number of hydrogen-bond donors (Lipinski definition) is 0. The van der Waals surface area contributed by atoms with E-state index in [-0.39, 0.29) is 12.1 Å². The number of benzene rings is 1. The molecule has 0 saturated carbocycles. The lowest BCUT2D eigenvalue weighted by Crippen LogP contribution is -2.55. The molecule has 24 heavy (non-hydrogen) atoms. The third-order valence-corrected chi connectivity index (χ3v) is 5.12. The molecule has 15 heteroatoms. The van der Waals surface area contributed by atoms with Gasteiger partial charge in [0.05, 0.1) is 14.8 Å². The molecule has 0 bridgehead atoms. The molecular formula is C9H2Cl2F7NO4S. The largest absolute Gasteiger partial charge is 0.461 e. The average Bonchev–Trinajstić information content (AvgIpc) is 2.35. The molecule has 0 spiro atoms. The molecule has 0 saturated heterocycles. The number of rotatable bonds is 4. The van der Waals surface area contributed by atoms with Crippen molar-refractivity contribution in [1.82, 2.24) is 0 Å². The second-order valence-corrected chi connectivity index (χ2v) is 6.86. The molecule has 0 amide bonds. The number of alkyl halides is 7. The van der Waals surface area contributed by atoms with Gasteiger partial charge in [-0.1, -0.05) is 23.2 Å². The maximum absolute atomic E-state index is 13.5. The minimum atomic E-state index is -6.99. The summed E-state index contributed by atoms with van der Waals surface area (Å²) in [6.07, 6.45) is -6.92. The highest BCUT2D eigenvalue weighted by atomic mass is 35.5. The fourth-order valence-corrected chi connectivity index (χ4v) is 3.40. The predicted molar refractivity (Wildman–Crippen MR) is 66.3 cm³/mol. The first-order valence-corrected chi connectivity index (χ1v) is 7.42. The van der Waals surface area contributed by atoms with Gasteiger partial charge in [0, 0.05) is 6.07 Å². The van der Waals surface area contributed by atoms with Gasteiger partial charge in [0.25, 0.3) is 15.5 Å². The lowest BCUT2D eigenvalue weighted by atomic mass is 10.3. The highest BCUT2D eigenvalue weighted by molar-refractivity contribution is 7.92. The summed E-state index contributed by atoms with van der Waals surface area (Å²) in [5.41, 5.74) is -1.34. The van der Waals surface area contributed by atoms with E-state index in [1.807, 2.05) is 0 Å². The zero-order valence-corrected chi connectivity index (χ0v) is 12.9. The molecule has 0 aliphatic rings. The summed E-state index contributed by atoms with van der Waals surface area (Å²) in [5.74, 6) is -6.99. The first kappa shape index (κ1) is 20.7. The Kier molecular flexibility index (Phi) is 5.07. The summed E-state index contributed by atoms with van der Waals surface area (Å²) in [6.45, 7) is 0. The molecule has 0 unspecified atom stereocenters. The fourth-order valence-electron chi connectivity index (χ4n) is 1.34. The topological polar surface area (TPSA) is 77.3 Å². The van der Waals surface area contributed by atoms with Crippen LogP contribution in [0.2, 0.25) is 10.0 Å². The normalized spacial score (nSPS) is 13.9. The Hall–Kier alpha value is -1.34. The Balaban J connectivity index is 3.73. The van der Waals surface area contributed by atoms with E-state index >= 15 is 0 Å². The number of nitro groups is 1. The number of nitrogens with zero attached hydrogens (tertiary/aromatic N) is 1. The number of hydrogen-bond acceptors (Lipinski definition) is 4. The molecular weight excluding hydrogens is 422 g/mol. The van der Waals surface area contributed by atoms with Crippen LogP contribution in [0.4, 0.5) is 36.4 Å². The molecule has 1 aromatic rings. The summed E-state index contributed by atoms with van der Waals surface area (Å²) in [6, 6.07) is 0.0102. The maximum Gasteiger partial charge on any atom is 0.461 e. The Morgan fingerprint density at radius 3 is 1.79 bits per heavy atom. The van der Waals surface area contributed by atoms with E-state index in [1.165, 1.54) is 0 Å². The van der Waals surface area contributed by atoms with Crippen LogP contribution in [0.25, 0.3) is 0 Å². The van der Waals surface area contributed by atoms with Gasteiger partial charge < -0.3 is 0 Å². The number of nitro benzene ring substituents is 1. The van der Waals surface area contributed by atoms with Crippen LogP contribution in [0.15, 0.2) is 17.0 Å². The van der Waals surface area contributed by atoms with Crippen molar-refractivity contribution in [2.75, 3.05) is 0 Å². The first-order valence-electron chi connectivity index (χ1n) is 5.19. The van der Waals surface area contributed by atoms with Gasteiger partial charge in [-0.15, -0.1) is 0 Å². The Morgan fingerprint density at radius 1 is 0.958 bits per heavy atom. The van der Waals surface area contributed by atoms with Crippen LogP contribution in [-0.4, -0.2) is 30.7 Å². The summed E-state index contributed by atoms with van der Waals surface area (Å²) in [7, 11) is -6.78. The van der Waals surface area contributed by atoms with Crippen LogP contribution in [0, 0.1) is 10.1 Å². The Morgan fingerprint density at radius 2 is 1.42 bits per heavy atom. The summed E-state index contributed by atoms with van der Waals surface area (Å²) in [5, 5.41) is 1.74. The predicted octanol–water partition coefficient (Wildman–Crippen LogP) is 4.47. The van der Waals surface area contributed by atoms with Crippen LogP contribution in [0.1, 0.15) is 0 Å². The van der Waals surface area contributed by atoms with E-state index < -0.39 is 52.7 Å². The van der Waals surface area contributed by atoms with E-state index in [1.54, 1.807) is 0 Å². The molecule has 0 aliphatic carbocycles. The zero-order valence-electron chi connectivity index (χ0n) is 10.5. The molecule has 0 aromatic heterocycles. The molecule has 0 heterocycles. The van der Waals surface area contributed by atoms with E-state index in [0.29, 0.717) is 0 Å². The van der Waals surface area contributed by atoms with Gasteiger partial charge in [-0.05, 0) is 6.07 Å². The van der Waals surface area contributed by atoms with Crippen molar-refractivity contribution >= 4 is 38.7 Å². The molecule has 0 aliphatic heterocycles. The lowest BCUT2D eigenvalue weighted by Gasteiger charge is -2.27. The van der Waals surface area contributed by atoms with Crippen molar-refractivity contribution in [3.05, 3.63) is 32.3 Å². The molecule has 0 radical (unpaired) electrons. The molecule has 0 N–H and O–H groups in total. The minimum Gasteiger partial charge on any atom is -0.258 e. The third-order valence-electron chi connectivity index (χ3n) is 2.55. The van der Waals surface area contributed by atoms with Gasteiger partial charge in [-0.2, -0.15) is 30.7 Å². The van der Waals surface area contributed by atoms with Gasteiger partial charge in [0.2, 0.25) is 0 Å². The minimum absolute atomic E-state index is 0.236. The standard InChI is InChI=1S/C9H2Cl2F7NO4S/c10-3-1-4(11)6(2-5(3)19(20)21)24(22,23)9(17,18)7(12,13)8(14,15)16/h1-2H. The highest BCUT2D eigenvalue weighted by Gasteiger charge is 2.78. The number of sulfone groups is 1. The zero-order chi connectivity index (χ0) is 19.3. The lowest BCUT2D eigenvalue weighted by molar-refractivity contribution is -0.384. The van der Waals surface area contributed by atoms with Gasteiger partial charge >= 0.3 is 17.4 Å². The second-order valence-electron chi connectivity index (χ2n) is 4.08. The fraction of sp³-hybridized carbons (Fsp3) is 0.333. The monoisotopic (exact) mass is 423 g/mol. The van der Waals surface area contributed by atoms with Gasteiger partial charge in [-0.25, -0.2) is 8.42 Å². The SMILES string of the molecule is O=[N+]([O-])c1cc(S(=O)(=O)C(F)(F)C(F)(F)C(F)(F)F)c(Cl)cc1Cl. The van der Waals surface area contributed by atoms with Crippen LogP contribution in [0.3, 0.4) is 0 Å².